The number of nitrogens with zero attached hydrogens (tertiary/aromatic N) is 2. The first-order valence-electron chi connectivity index (χ1n) is 6.01. The van der Waals surface area contributed by atoms with E-state index in [1.54, 1.807) is 13.8 Å². The van der Waals surface area contributed by atoms with Crippen molar-refractivity contribution in [3.05, 3.63) is 32.6 Å². The Morgan fingerprint density at radius 3 is 2.30 bits per heavy atom. The van der Waals surface area contributed by atoms with Crippen LogP contribution in [-0.4, -0.2) is 28.0 Å². The number of ketones is 1. The lowest BCUT2D eigenvalue weighted by Gasteiger charge is -2.22. The first kappa shape index (κ1) is 15.9. The largest absolute Gasteiger partial charge is 0.469 e. The van der Waals surface area contributed by atoms with Crippen LogP contribution in [-0.2, 0) is 23.1 Å². The maximum Gasteiger partial charge on any atom is 0.330 e. The minimum atomic E-state index is -0.954. The Morgan fingerprint density at radius 2 is 1.85 bits per heavy atom. The molecule has 0 N–H and O–H groups in total. The molecule has 0 bridgehead atoms. The van der Waals surface area contributed by atoms with Gasteiger partial charge in [0, 0.05) is 19.8 Å². The summed E-state index contributed by atoms with van der Waals surface area (Å²) in [4.78, 5) is 46.9. The van der Waals surface area contributed by atoms with Gasteiger partial charge >= 0.3 is 11.7 Å². The van der Waals surface area contributed by atoms with Gasteiger partial charge in [-0.25, -0.2) is 4.79 Å². The second-order valence-corrected chi connectivity index (χ2v) is 5.25. The van der Waals surface area contributed by atoms with Crippen molar-refractivity contribution >= 4 is 11.8 Å². The van der Waals surface area contributed by atoms with Crippen molar-refractivity contribution in [1.29, 1.82) is 0 Å². The van der Waals surface area contributed by atoms with Crippen molar-refractivity contribution in [2.75, 3.05) is 7.11 Å². The van der Waals surface area contributed by atoms with Gasteiger partial charge in [0.2, 0.25) is 0 Å². The maximum absolute atomic E-state index is 12.0. The number of esters is 1. The van der Waals surface area contributed by atoms with Gasteiger partial charge in [-0.05, 0) is 20.8 Å². The Kier molecular flexibility index (Phi) is 4.32. The summed E-state index contributed by atoms with van der Waals surface area (Å²) in [5, 5.41) is 0. The molecule has 0 spiro atoms. The average molecular weight is 282 g/mol. The Balaban J connectivity index is 3.41. The van der Waals surface area contributed by atoms with Gasteiger partial charge < -0.3 is 4.74 Å². The molecule has 1 heterocycles. The zero-order chi connectivity index (χ0) is 15.7. The smallest absolute Gasteiger partial charge is 0.330 e. The molecule has 7 nitrogen and oxygen atoms in total. The molecule has 0 aliphatic rings. The number of ether oxygens (including phenoxy) is 1. The predicted molar refractivity (Wildman–Crippen MR) is 71.7 cm³/mol. The van der Waals surface area contributed by atoms with Crippen LogP contribution in [0.15, 0.2) is 15.8 Å². The molecule has 0 fully saturated rings. The fourth-order valence-corrected chi connectivity index (χ4v) is 1.85. The molecule has 0 amide bonds. The van der Waals surface area contributed by atoms with Crippen LogP contribution in [0.2, 0.25) is 0 Å². The highest BCUT2D eigenvalue weighted by Gasteiger charge is 2.30. The van der Waals surface area contributed by atoms with Crippen LogP contribution in [0.5, 0.6) is 0 Å². The van der Waals surface area contributed by atoms with Crippen LogP contribution in [0.3, 0.4) is 0 Å². The summed E-state index contributed by atoms with van der Waals surface area (Å²) in [5.41, 5.74) is -2.27. The lowest BCUT2D eigenvalue weighted by molar-refractivity contribution is -0.151. The topological polar surface area (TPSA) is 87.4 Å². The van der Waals surface area contributed by atoms with E-state index in [1.807, 2.05) is 0 Å². The highest BCUT2D eigenvalue weighted by molar-refractivity contribution is 5.93. The third-order valence-electron chi connectivity index (χ3n) is 3.04. The number of hydrogen-bond donors (Lipinski definition) is 0. The zero-order valence-corrected chi connectivity index (χ0v) is 12.2. The molecule has 0 radical (unpaired) electrons. The van der Waals surface area contributed by atoms with Gasteiger partial charge in [-0.3, -0.25) is 23.5 Å². The Morgan fingerprint density at radius 1 is 1.30 bits per heavy atom. The third-order valence-corrected chi connectivity index (χ3v) is 3.04. The van der Waals surface area contributed by atoms with E-state index in [-0.39, 0.29) is 12.1 Å². The Hall–Kier alpha value is -2.18. The van der Waals surface area contributed by atoms with E-state index in [0.29, 0.717) is 0 Å². The molecule has 0 atom stereocenters. The molecule has 0 aromatic carbocycles. The molecule has 1 aromatic heterocycles. The second-order valence-electron chi connectivity index (χ2n) is 5.25. The van der Waals surface area contributed by atoms with Gasteiger partial charge in [-0.1, -0.05) is 0 Å². The SMILES string of the molecule is COC(=O)C(C)(C)Cn1cc(C(C)=O)c(=O)n(C)c1=O. The molecule has 0 aliphatic carbocycles. The average Bonchev–Trinajstić information content (AvgIpc) is 2.37. The van der Waals surface area contributed by atoms with E-state index in [1.165, 1.54) is 31.8 Å². The van der Waals surface area contributed by atoms with Crippen LogP contribution in [0.25, 0.3) is 0 Å². The van der Waals surface area contributed by atoms with E-state index in [0.717, 1.165) is 4.57 Å². The first-order chi connectivity index (χ1) is 9.11. The van der Waals surface area contributed by atoms with Crippen molar-refractivity contribution in [2.45, 2.75) is 27.3 Å². The Labute approximate surface area is 115 Å². The van der Waals surface area contributed by atoms with Crippen LogP contribution < -0.4 is 11.2 Å². The van der Waals surface area contributed by atoms with E-state index >= 15 is 0 Å². The van der Waals surface area contributed by atoms with Crippen LogP contribution >= 0.6 is 0 Å². The molecule has 0 saturated carbocycles. The molecular formula is C13H18N2O5. The first-order valence-corrected chi connectivity index (χ1v) is 6.01. The summed E-state index contributed by atoms with van der Waals surface area (Å²) in [6.07, 6.45) is 1.19. The lowest BCUT2D eigenvalue weighted by atomic mass is 9.93. The number of hydrogen-bond acceptors (Lipinski definition) is 5. The number of methoxy groups -OCH3 is 1. The van der Waals surface area contributed by atoms with Crippen molar-refractivity contribution in [1.82, 2.24) is 9.13 Å². The van der Waals surface area contributed by atoms with E-state index in [2.05, 4.69) is 4.74 Å². The van der Waals surface area contributed by atoms with Crippen molar-refractivity contribution in [3.8, 4) is 0 Å². The van der Waals surface area contributed by atoms with Crippen molar-refractivity contribution < 1.29 is 14.3 Å². The van der Waals surface area contributed by atoms with Gasteiger partial charge in [-0.2, -0.15) is 0 Å². The number of carbonyl (C=O) groups excluding carboxylic acids is 2. The minimum Gasteiger partial charge on any atom is -0.469 e. The van der Waals surface area contributed by atoms with Crippen molar-refractivity contribution in [3.63, 3.8) is 0 Å². The molecule has 1 aromatic rings. The molecule has 20 heavy (non-hydrogen) atoms. The summed E-state index contributed by atoms with van der Waals surface area (Å²) in [5.74, 6) is -0.919. The Bertz CT molecular complexity index is 666. The molecular weight excluding hydrogens is 264 g/mol. The number of aromatic nitrogens is 2. The van der Waals surface area contributed by atoms with Crippen molar-refractivity contribution in [2.24, 2.45) is 12.5 Å². The molecule has 110 valence electrons. The molecule has 0 saturated heterocycles. The third kappa shape index (κ3) is 2.87. The monoisotopic (exact) mass is 282 g/mol. The zero-order valence-electron chi connectivity index (χ0n) is 12.2. The second kappa shape index (κ2) is 5.44. The molecule has 1 rings (SSSR count). The van der Waals surface area contributed by atoms with Crippen LogP contribution in [0, 0.1) is 5.41 Å². The van der Waals surface area contributed by atoms with Gasteiger partial charge in [-0.15, -0.1) is 0 Å². The summed E-state index contributed by atoms with van der Waals surface area (Å²) >= 11 is 0. The number of rotatable bonds is 4. The fraction of sp³-hybridized carbons (Fsp3) is 0.538. The normalized spacial score (nSPS) is 11.2. The van der Waals surface area contributed by atoms with Gasteiger partial charge in [0.05, 0.1) is 18.1 Å². The molecule has 0 aliphatic heterocycles. The summed E-state index contributed by atoms with van der Waals surface area (Å²) in [7, 11) is 2.55. The maximum atomic E-state index is 12.0. The van der Waals surface area contributed by atoms with Gasteiger partial charge in [0.25, 0.3) is 5.56 Å². The fourth-order valence-electron chi connectivity index (χ4n) is 1.85. The van der Waals surface area contributed by atoms with Gasteiger partial charge in [0.15, 0.2) is 5.78 Å². The van der Waals surface area contributed by atoms with Gasteiger partial charge in [0.1, 0.15) is 0 Å². The van der Waals surface area contributed by atoms with Crippen LogP contribution in [0.1, 0.15) is 31.1 Å². The quantitative estimate of drug-likeness (QED) is 0.570. The number of Topliss-reactive ketones (excluding diaryl/α,β-unsaturated/α-hetero) is 1. The predicted octanol–water partition coefficient (Wildman–Crippen LogP) is -0.0512. The van der Waals surface area contributed by atoms with E-state index in [9.17, 15) is 19.2 Å². The highest BCUT2D eigenvalue weighted by atomic mass is 16.5. The molecule has 7 heteroatoms. The summed E-state index contributed by atoms with van der Waals surface area (Å²) in [6, 6.07) is 0. The lowest BCUT2D eigenvalue weighted by Crippen LogP contribution is -2.43. The standard InChI is InChI=1S/C13H18N2O5/c1-8(16)9-6-15(12(19)14(4)10(9)17)7-13(2,3)11(18)20-5/h6H,7H2,1-5H3. The summed E-state index contributed by atoms with van der Waals surface area (Å²) in [6.45, 7) is 4.48. The molecule has 0 unspecified atom stereocenters. The summed E-state index contributed by atoms with van der Waals surface area (Å²) < 4.78 is 6.70. The van der Waals surface area contributed by atoms with E-state index < -0.39 is 28.4 Å². The minimum absolute atomic E-state index is 0.00685. The van der Waals surface area contributed by atoms with E-state index in [4.69, 9.17) is 0 Å². The van der Waals surface area contributed by atoms with Crippen LogP contribution in [0.4, 0.5) is 0 Å². The number of carbonyl (C=O) groups is 2. The highest BCUT2D eigenvalue weighted by Crippen LogP contribution is 2.19.